The lowest BCUT2D eigenvalue weighted by atomic mass is 10.2. The molecular formula is C16H24IN5O2S. The zero-order chi connectivity index (χ0) is 17.4. The van der Waals surface area contributed by atoms with Gasteiger partial charge in [0.15, 0.2) is 11.7 Å². The zero-order valence-electron chi connectivity index (χ0n) is 14.5. The lowest BCUT2D eigenvalue weighted by Crippen LogP contribution is -2.41. The van der Waals surface area contributed by atoms with Gasteiger partial charge in [-0.3, -0.25) is 9.79 Å². The van der Waals surface area contributed by atoms with Crippen LogP contribution >= 0.6 is 35.3 Å². The lowest BCUT2D eigenvalue weighted by Gasteiger charge is -2.11. The molecule has 0 saturated carbocycles. The highest BCUT2D eigenvalue weighted by molar-refractivity contribution is 14.0. The Labute approximate surface area is 168 Å². The van der Waals surface area contributed by atoms with Gasteiger partial charge in [0.1, 0.15) is 5.01 Å². The second-order valence-electron chi connectivity index (χ2n) is 5.41. The number of halogens is 1. The monoisotopic (exact) mass is 477 g/mol. The van der Waals surface area contributed by atoms with Crippen LogP contribution in [0.1, 0.15) is 41.0 Å². The molecule has 0 radical (unpaired) electrons. The molecule has 0 aliphatic rings. The molecule has 2 aromatic heterocycles. The predicted molar refractivity (Wildman–Crippen MR) is 111 cm³/mol. The molecule has 0 aromatic carbocycles. The smallest absolute Gasteiger partial charge is 0.287 e. The lowest BCUT2D eigenvalue weighted by molar-refractivity contribution is 0.0926. The highest BCUT2D eigenvalue weighted by atomic mass is 127. The van der Waals surface area contributed by atoms with Crippen molar-refractivity contribution >= 4 is 47.2 Å². The van der Waals surface area contributed by atoms with Crippen LogP contribution in [0.5, 0.6) is 0 Å². The highest BCUT2D eigenvalue weighted by Crippen LogP contribution is 2.17. The second kappa shape index (κ2) is 11.1. The largest absolute Gasteiger partial charge is 0.459 e. The number of amides is 1. The first-order chi connectivity index (χ1) is 11.6. The number of aliphatic imine (C=N–C) groups is 1. The molecule has 0 unspecified atom stereocenters. The van der Waals surface area contributed by atoms with Crippen molar-refractivity contribution in [2.45, 2.75) is 26.3 Å². The molecule has 9 heteroatoms. The number of thiazole rings is 1. The van der Waals surface area contributed by atoms with Crippen molar-refractivity contribution in [3.8, 4) is 0 Å². The molecule has 2 heterocycles. The van der Waals surface area contributed by atoms with Gasteiger partial charge in [-0.05, 0) is 18.1 Å². The molecule has 2 aromatic rings. The molecular weight excluding hydrogens is 453 g/mol. The molecule has 0 saturated heterocycles. The van der Waals surface area contributed by atoms with Gasteiger partial charge in [0, 0.05) is 25.5 Å². The van der Waals surface area contributed by atoms with E-state index in [1.54, 1.807) is 30.5 Å². The van der Waals surface area contributed by atoms with Crippen LogP contribution in [-0.2, 0) is 6.54 Å². The van der Waals surface area contributed by atoms with Gasteiger partial charge in [-0.1, -0.05) is 13.8 Å². The SMILES string of the molecule is CN=C(NCCNC(=O)c1ccco1)NCc1nc(C(C)C)cs1.I. The minimum Gasteiger partial charge on any atom is -0.459 e. The number of nitrogens with zero attached hydrogens (tertiary/aromatic N) is 2. The molecule has 0 bridgehead atoms. The number of guanidine groups is 1. The maximum atomic E-state index is 11.7. The normalized spacial score (nSPS) is 11.1. The second-order valence-corrected chi connectivity index (χ2v) is 6.35. The van der Waals surface area contributed by atoms with Gasteiger partial charge in [0.25, 0.3) is 5.91 Å². The molecule has 0 aliphatic heterocycles. The summed E-state index contributed by atoms with van der Waals surface area (Å²) < 4.78 is 5.03. The quantitative estimate of drug-likeness (QED) is 0.247. The third-order valence-electron chi connectivity index (χ3n) is 3.24. The summed E-state index contributed by atoms with van der Waals surface area (Å²) in [6.45, 7) is 5.90. The number of carbonyl (C=O) groups excluding carboxylic acids is 1. The van der Waals surface area contributed by atoms with Crippen molar-refractivity contribution in [2.75, 3.05) is 20.1 Å². The van der Waals surface area contributed by atoms with Gasteiger partial charge in [0.2, 0.25) is 0 Å². The molecule has 0 atom stereocenters. The molecule has 1 amide bonds. The van der Waals surface area contributed by atoms with Crippen LogP contribution < -0.4 is 16.0 Å². The number of carbonyl (C=O) groups is 1. The first-order valence-corrected chi connectivity index (χ1v) is 8.68. The van der Waals surface area contributed by atoms with E-state index in [1.807, 2.05) is 0 Å². The van der Waals surface area contributed by atoms with E-state index in [0.29, 0.717) is 37.3 Å². The van der Waals surface area contributed by atoms with Gasteiger partial charge in [0.05, 0.1) is 18.5 Å². The van der Waals surface area contributed by atoms with Crippen molar-refractivity contribution in [1.29, 1.82) is 0 Å². The number of rotatable bonds is 7. The van der Waals surface area contributed by atoms with E-state index in [2.05, 4.69) is 45.2 Å². The maximum Gasteiger partial charge on any atom is 0.287 e. The molecule has 0 spiro atoms. The topological polar surface area (TPSA) is 91.5 Å². The summed E-state index contributed by atoms with van der Waals surface area (Å²) in [5, 5.41) is 12.2. The summed E-state index contributed by atoms with van der Waals surface area (Å²) in [4.78, 5) is 20.4. The van der Waals surface area contributed by atoms with Gasteiger partial charge in [-0.15, -0.1) is 35.3 Å². The van der Waals surface area contributed by atoms with Crippen LogP contribution in [0.25, 0.3) is 0 Å². The Morgan fingerprint density at radius 2 is 2.08 bits per heavy atom. The van der Waals surface area contributed by atoms with Crippen LogP contribution in [0.15, 0.2) is 33.2 Å². The minimum atomic E-state index is -0.228. The molecule has 138 valence electrons. The summed E-state index contributed by atoms with van der Waals surface area (Å²) in [5.41, 5.74) is 1.11. The number of aromatic nitrogens is 1. The molecule has 25 heavy (non-hydrogen) atoms. The fraction of sp³-hybridized carbons (Fsp3) is 0.438. The minimum absolute atomic E-state index is 0. The van der Waals surface area contributed by atoms with E-state index in [0.717, 1.165) is 10.7 Å². The van der Waals surface area contributed by atoms with Crippen molar-refractivity contribution in [2.24, 2.45) is 4.99 Å². The van der Waals surface area contributed by atoms with Gasteiger partial charge >= 0.3 is 0 Å². The molecule has 2 rings (SSSR count). The fourth-order valence-corrected chi connectivity index (χ4v) is 2.80. The standard InChI is InChI=1S/C16H23N5O2S.HI/c1-11(2)12-10-24-14(21-12)9-20-16(17-3)19-7-6-18-15(22)13-5-4-8-23-13;/h4-5,8,10-11H,6-7,9H2,1-3H3,(H,18,22)(H2,17,19,20);1H. The van der Waals surface area contributed by atoms with E-state index in [-0.39, 0.29) is 29.9 Å². The van der Waals surface area contributed by atoms with Crippen LogP contribution in [-0.4, -0.2) is 37.0 Å². The van der Waals surface area contributed by atoms with E-state index in [1.165, 1.54) is 6.26 Å². The Kier molecular flexibility index (Phi) is 9.50. The van der Waals surface area contributed by atoms with Crippen LogP contribution in [0.2, 0.25) is 0 Å². The summed E-state index contributed by atoms with van der Waals surface area (Å²) in [7, 11) is 1.71. The Hall–Kier alpha value is -1.62. The fourth-order valence-electron chi connectivity index (χ4n) is 1.90. The molecule has 3 N–H and O–H groups in total. The summed E-state index contributed by atoms with van der Waals surface area (Å²) in [5.74, 6) is 1.18. The number of furan rings is 1. The van der Waals surface area contributed by atoms with Crippen molar-refractivity contribution in [1.82, 2.24) is 20.9 Å². The van der Waals surface area contributed by atoms with Crippen LogP contribution in [0, 0.1) is 0 Å². The number of hydrogen-bond acceptors (Lipinski definition) is 5. The van der Waals surface area contributed by atoms with E-state index < -0.39 is 0 Å². The number of hydrogen-bond donors (Lipinski definition) is 3. The van der Waals surface area contributed by atoms with Crippen molar-refractivity contribution in [3.05, 3.63) is 40.2 Å². The summed E-state index contributed by atoms with van der Waals surface area (Å²) in [6.07, 6.45) is 1.47. The molecule has 0 fully saturated rings. The third kappa shape index (κ3) is 7.02. The Bertz CT molecular complexity index is 670. The van der Waals surface area contributed by atoms with Crippen LogP contribution in [0.3, 0.4) is 0 Å². The summed E-state index contributed by atoms with van der Waals surface area (Å²) in [6, 6.07) is 3.31. The zero-order valence-corrected chi connectivity index (χ0v) is 17.7. The highest BCUT2D eigenvalue weighted by Gasteiger charge is 2.08. The Morgan fingerprint density at radius 3 is 2.68 bits per heavy atom. The average molecular weight is 477 g/mol. The average Bonchev–Trinajstić information content (AvgIpc) is 3.25. The van der Waals surface area contributed by atoms with Crippen molar-refractivity contribution in [3.63, 3.8) is 0 Å². The van der Waals surface area contributed by atoms with E-state index in [4.69, 9.17) is 4.42 Å². The molecule has 0 aliphatic carbocycles. The Morgan fingerprint density at radius 1 is 1.32 bits per heavy atom. The van der Waals surface area contributed by atoms with Crippen molar-refractivity contribution < 1.29 is 9.21 Å². The van der Waals surface area contributed by atoms with Crippen LogP contribution in [0.4, 0.5) is 0 Å². The van der Waals surface area contributed by atoms with E-state index >= 15 is 0 Å². The third-order valence-corrected chi connectivity index (χ3v) is 4.11. The Balaban J connectivity index is 0.00000312. The maximum absolute atomic E-state index is 11.7. The molecule has 7 nitrogen and oxygen atoms in total. The first-order valence-electron chi connectivity index (χ1n) is 7.80. The number of nitrogens with one attached hydrogen (secondary N) is 3. The van der Waals surface area contributed by atoms with Gasteiger partial charge < -0.3 is 20.4 Å². The van der Waals surface area contributed by atoms with Gasteiger partial charge in [-0.2, -0.15) is 0 Å². The summed E-state index contributed by atoms with van der Waals surface area (Å²) >= 11 is 1.64. The van der Waals surface area contributed by atoms with Gasteiger partial charge in [-0.25, -0.2) is 4.98 Å². The first kappa shape index (κ1) is 21.4. The predicted octanol–water partition coefficient (Wildman–Crippen LogP) is 2.57. The van der Waals surface area contributed by atoms with E-state index in [9.17, 15) is 4.79 Å².